The molecule has 2 rings (SSSR count). The number of nitro benzene ring substituents is 1. The zero-order valence-electron chi connectivity index (χ0n) is 10.0. The SMILES string of the molecule is Cc1cc(NC(=O)c2cc(F)c([N+](=O)[O-])cc2F)no1. The maximum Gasteiger partial charge on any atom is 0.307 e. The van der Waals surface area contributed by atoms with Gasteiger partial charge in [0, 0.05) is 6.07 Å². The van der Waals surface area contributed by atoms with Crippen molar-refractivity contribution in [1.29, 1.82) is 0 Å². The lowest BCUT2D eigenvalue weighted by molar-refractivity contribution is -0.387. The van der Waals surface area contributed by atoms with Gasteiger partial charge in [-0.15, -0.1) is 0 Å². The van der Waals surface area contributed by atoms with Gasteiger partial charge in [-0.1, -0.05) is 5.16 Å². The summed E-state index contributed by atoms with van der Waals surface area (Å²) in [6, 6.07) is 2.17. The fourth-order valence-electron chi connectivity index (χ4n) is 1.46. The summed E-state index contributed by atoms with van der Waals surface area (Å²) in [6.07, 6.45) is 0. The number of carbonyl (C=O) groups is 1. The van der Waals surface area contributed by atoms with Crippen LogP contribution in [0.4, 0.5) is 20.3 Å². The molecule has 1 aromatic heterocycles. The molecule has 0 aliphatic heterocycles. The molecule has 0 aliphatic carbocycles. The molecule has 9 heteroatoms. The third-order valence-electron chi connectivity index (χ3n) is 2.35. The third kappa shape index (κ3) is 2.60. The molecule has 104 valence electrons. The van der Waals surface area contributed by atoms with Crippen molar-refractivity contribution in [2.45, 2.75) is 6.92 Å². The molecule has 0 atom stereocenters. The lowest BCUT2D eigenvalue weighted by Crippen LogP contribution is -2.14. The number of nitrogens with zero attached hydrogens (tertiary/aromatic N) is 2. The van der Waals surface area contributed by atoms with Gasteiger partial charge in [0.15, 0.2) is 5.82 Å². The van der Waals surface area contributed by atoms with E-state index in [4.69, 9.17) is 0 Å². The van der Waals surface area contributed by atoms with E-state index < -0.39 is 33.7 Å². The van der Waals surface area contributed by atoms with Crippen molar-refractivity contribution < 1.29 is 23.0 Å². The largest absolute Gasteiger partial charge is 0.360 e. The first-order chi connectivity index (χ1) is 9.38. The summed E-state index contributed by atoms with van der Waals surface area (Å²) in [5, 5.41) is 16.0. The highest BCUT2D eigenvalue weighted by Gasteiger charge is 2.22. The summed E-state index contributed by atoms with van der Waals surface area (Å²) >= 11 is 0. The molecule has 0 saturated heterocycles. The predicted octanol–water partition coefficient (Wildman–Crippen LogP) is 2.42. The van der Waals surface area contributed by atoms with Crippen LogP contribution in [0.5, 0.6) is 0 Å². The van der Waals surface area contributed by atoms with E-state index in [2.05, 4.69) is 15.0 Å². The quantitative estimate of drug-likeness (QED) is 0.689. The zero-order chi connectivity index (χ0) is 14.9. The minimum atomic E-state index is -1.31. The first-order valence-corrected chi connectivity index (χ1v) is 5.26. The smallest absolute Gasteiger partial charge is 0.307 e. The minimum absolute atomic E-state index is 0.0191. The second kappa shape index (κ2) is 5.03. The number of aromatic nitrogens is 1. The summed E-state index contributed by atoms with van der Waals surface area (Å²) < 4.78 is 31.6. The van der Waals surface area contributed by atoms with Gasteiger partial charge in [0.05, 0.1) is 16.6 Å². The lowest BCUT2D eigenvalue weighted by atomic mass is 10.1. The van der Waals surface area contributed by atoms with Crippen molar-refractivity contribution in [2.75, 3.05) is 5.32 Å². The van der Waals surface area contributed by atoms with Crippen LogP contribution in [0.15, 0.2) is 22.7 Å². The van der Waals surface area contributed by atoms with Crippen molar-refractivity contribution in [2.24, 2.45) is 0 Å². The average Bonchev–Trinajstić information content (AvgIpc) is 2.76. The van der Waals surface area contributed by atoms with Crippen LogP contribution < -0.4 is 5.32 Å². The van der Waals surface area contributed by atoms with Gasteiger partial charge in [-0.05, 0) is 13.0 Å². The van der Waals surface area contributed by atoms with Gasteiger partial charge < -0.3 is 9.84 Å². The third-order valence-corrected chi connectivity index (χ3v) is 2.35. The Morgan fingerprint density at radius 3 is 2.60 bits per heavy atom. The van der Waals surface area contributed by atoms with Crippen LogP contribution in [-0.4, -0.2) is 16.0 Å². The molecule has 0 fully saturated rings. The molecule has 0 bridgehead atoms. The second-order valence-electron chi connectivity index (χ2n) is 3.82. The van der Waals surface area contributed by atoms with E-state index in [1.54, 1.807) is 6.92 Å². The maximum absolute atomic E-state index is 13.6. The average molecular weight is 283 g/mol. The molecular weight excluding hydrogens is 276 g/mol. The molecule has 1 amide bonds. The van der Waals surface area contributed by atoms with Crippen LogP contribution in [0.3, 0.4) is 0 Å². The normalized spacial score (nSPS) is 10.3. The van der Waals surface area contributed by atoms with E-state index in [0.717, 1.165) is 0 Å². The van der Waals surface area contributed by atoms with Crippen molar-refractivity contribution >= 4 is 17.4 Å². The van der Waals surface area contributed by atoms with Crippen molar-refractivity contribution in [1.82, 2.24) is 5.16 Å². The first kappa shape index (κ1) is 13.6. The summed E-state index contributed by atoms with van der Waals surface area (Å²) in [6.45, 7) is 1.58. The number of halogens is 2. The number of anilines is 1. The van der Waals surface area contributed by atoms with Gasteiger partial charge in [0.25, 0.3) is 5.91 Å². The van der Waals surface area contributed by atoms with Gasteiger partial charge in [-0.25, -0.2) is 4.39 Å². The van der Waals surface area contributed by atoms with E-state index in [9.17, 15) is 23.7 Å². The Bertz CT molecular complexity index is 699. The number of nitro groups is 1. The van der Waals surface area contributed by atoms with E-state index in [1.165, 1.54) is 6.07 Å². The maximum atomic E-state index is 13.6. The Morgan fingerprint density at radius 1 is 1.35 bits per heavy atom. The number of aryl methyl sites for hydroxylation is 1. The number of hydrogen-bond donors (Lipinski definition) is 1. The summed E-state index contributed by atoms with van der Waals surface area (Å²) in [7, 11) is 0. The van der Waals surface area contributed by atoms with E-state index in [1.807, 2.05) is 0 Å². The Labute approximate surface area is 110 Å². The monoisotopic (exact) mass is 283 g/mol. The van der Waals surface area contributed by atoms with Crippen LogP contribution in [-0.2, 0) is 0 Å². The molecule has 2 aromatic rings. The summed E-state index contributed by atoms with van der Waals surface area (Å²) in [4.78, 5) is 21.1. The molecule has 0 spiro atoms. The number of benzene rings is 1. The molecule has 7 nitrogen and oxygen atoms in total. The Balaban J connectivity index is 2.30. The van der Waals surface area contributed by atoms with Gasteiger partial charge in [0.2, 0.25) is 5.82 Å². The zero-order valence-corrected chi connectivity index (χ0v) is 10.0. The number of hydrogen-bond acceptors (Lipinski definition) is 5. The van der Waals surface area contributed by atoms with E-state index in [-0.39, 0.29) is 5.82 Å². The second-order valence-corrected chi connectivity index (χ2v) is 3.82. The molecule has 0 aliphatic rings. The Kier molecular flexibility index (Phi) is 3.42. The topological polar surface area (TPSA) is 98.3 Å². The molecule has 1 N–H and O–H groups in total. The Hall–Kier alpha value is -2.84. The summed E-state index contributed by atoms with van der Waals surface area (Å²) in [5.74, 6) is -3.08. The van der Waals surface area contributed by atoms with Gasteiger partial charge in [0.1, 0.15) is 11.6 Å². The van der Waals surface area contributed by atoms with Crippen LogP contribution in [0.25, 0.3) is 0 Å². The van der Waals surface area contributed by atoms with Gasteiger partial charge >= 0.3 is 5.69 Å². The summed E-state index contributed by atoms with van der Waals surface area (Å²) in [5.41, 5.74) is -1.72. The highest BCUT2D eigenvalue weighted by molar-refractivity contribution is 6.04. The fraction of sp³-hybridized carbons (Fsp3) is 0.0909. The predicted molar refractivity (Wildman–Crippen MR) is 62.2 cm³/mol. The highest BCUT2D eigenvalue weighted by Crippen LogP contribution is 2.22. The molecule has 1 aromatic carbocycles. The van der Waals surface area contributed by atoms with Crippen LogP contribution >= 0.6 is 0 Å². The van der Waals surface area contributed by atoms with Crippen LogP contribution in [0.2, 0.25) is 0 Å². The first-order valence-electron chi connectivity index (χ1n) is 5.26. The highest BCUT2D eigenvalue weighted by atomic mass is 19.1. The standard InChI is InChI=1S/C11H7F2N3O4/c1-5-2-10(15-20-5)14-11(17)6-3-8(13)9(16(18)19)4-7(6)12/h2-4H,1H3,(H,14,15,17). The van der Waals surface area contributed by atoms with Crippen LogP contribution in [0, 0.1) is 28.7 Å². The van der Waals surface area contributed by atoms with Crippen molar-refractivity contribution in [3.63, 3.8) is 0 Å². The lowest BCUT2D eigenvalue weighted by Gasteiger charge is -2.03. The van der Waals surface area contributed by atoms with Crippen LogP contribution in [0.1, 0.15) is 16.1 Å². The molecule has 20 heavy (non-hydrogen) atoms. The molecular formula is C11H7F2N3O4. The van der Waals surface area contributed by atoms with Gasteiger partial charge in [-0.3, -0.25) is 14.9 Å². The van der Waals surface area contributed by atoms with Crippen molar-refractivity contribution in [3.05, 3.63) is 51.3 Å². The fourth-order valence-corrected chi connectivity index (χ4v) is 1.46. The van der Waals surface area contributed by atoms with E-state index >= 15 is 0 Å². The van der Waals surface area contributed by atoms with Crippen molar-refractivity contribution in [3.8, 4) is 0 Å². The number of amides is 1. The molecule has 0 radical (unpaired) electrons. The molecule has 0 unspecified atom stereocenters. The minimum Gasteiger partial charge on any atom is -0.360 e. The number of rotatable bonds is 3. The van der Waals surface area contributed by atoms with E-state index in [0.29, 0.717) is 17.9 Å². The number of nitrogens with one attached hydrogen (secondary N) is 1. The molecule has 0 saturated carbocycles. The molecule has 1 heterocycles. The van der Waals surface area contributed by atoms with Gasteiger partial charge in [-0.2, -0.15) is 4.39 Å². The Morgan fingerprint density at radius 2 is 2.05 bits per heavy atom. The number of carbonyl (C=O) groups excluding carboxylic acids is 1.